The van der Waals surface area contributed by atoms with Gasteiger partial charge >= 0.3 is 0 Å². The number of hydrogen-bond acceptors (Lipinski definition) is 4. The Balaban J connectivity index is 2.30. The monoisotopic (exact) mass is 388 g/mol. The molecule has 4 nitrogen and oxygen atoms in total. The lowest BCUT2D eigenvalue weighted by molar-refractivity contribution is 0.540. The van der Waals surface area contributed by atoms with E-state index in [-0.39, 0.29) is 10.9 Å². The molecule has 0 bridgehead atoms. The molecular formula is C14H17BrN2O2S2. The van der Waals surface area contributed by atoms with Crippen LogP contribution in [-0.4, -0.2) is 8.42 Å². The summed E-state index contributed by atoms with van der Waals surface area (Å²) in [7, 11) is -3.60. The van der Waals surface area contributed by atoms with Crippen LogP contribution >= 0.6 is 27.3 Å². The minimum atomic E-state index is -3.60. The summed E-state index contributed by atoms with van der Waals surface area (Å²) in [5.74, 6) is 0. The summed E-state index contributed by atoms with van der Waals surface area (Å²) in [4.78, 5) is 1.22. The Morgan fingerprint density at radius 2 is 2.14 bits per heavy atom. The number of nitrogens with two attached hydrogens (primary N) is 1. The van der Waals surface area contributed by atoms with E-state index in [9.17, 15) is 8.42 Å². The second-order valence-electron chi connectivity index (χ2n) is 4.67. The molecule has 1 unspecified atom stereocenters. The van der Waals surface area contributed by atoms with Crippen LogP contribution in [0.1, 0.15) is 30.7 Å². The molecule has 2 aromatic rings. The Bertz CT molecular complexity index is 700. The van der Waals surface area contributed by atoms with E-state index >= 15 is 0 Å². The smallest absolute Gasteiger partial charge is 0.242 e. The van der Waals surface area contributed by atoms with Crippen LogP contribution in [0.25, 0.3) is 0 Å². The van der Waals surface area contributed by atoms with Crippen LogP contribution in [0.5, 0.6) is 0 Å². The molecule has 1 aromatic carbocycles. The number of sulfonamides is 1. The molecule has 2 rings (SSSR count). The fourth-order valence-electron chi connectivity index (χ4n) is 2.02. The molecule has 0 aliphatic heterocycles. The number of rotatable bonds is 6. The average Bonchev–Trinajstić information content (AvgIpc) is 2.91. The highest BCUT2D eigenvalue weighted by Crippen LogP contribution is 2.28. The third kappa shape index (κ3) is 4.06. The normalized spacial score (nSPS) is 13.2. The molecule has 21 heavy (non-hydrogen) atoms. The second kappa shape index (κ2) is 6.91. The van der Waals surface area contributed by atoms with Crippen molar-refractivity contribution >= 4 is 43.0 Å². The number of halogens is 1. The Labute approximate surface area is 137 Å². The molecule has 7 heteroatoms. The van der Waals surface area contributed by atoms with Gasteiger partial charge in [-0.3, -0.25) is 0 Å². The number of hydrogen-bond donors (Lipinski definition) is 2. The first-order valence-corrected chi connectivity index (χ1v) is 9.70. The van der Waals surface area contributed by atoms with E-state index in [0.29, 0.717) is 10.2 Å². The molecule has 0 amide bonds. The van der Waals surface area contributed by atoms with Crippen molar-refractivity contribution in [2.24, 2.45) is 0 Å². The third-order valence-corrected chi connectivity index (χ3v) is 6.44. The van der Waals surface area contributed by atoms with E-state index in [2.05, 4.69) is 20.7 Å². The molecule has 0 spiro atoms. The third-order valence-electron chi connectivity index (χ3n) is 3.01. The van der Waals surface area contributed by atoms with Gasteiger partial charge in [-0.25, -0.2) is 13.1 Å². The fraction of sp³-hybridized carbons (Fsp3) is 0.286. The van der Waals surface area contributed by atoms with Crippen molar-refractivity contribution in [3.05, 3.63) is 45.1 Å². The van der Waals surface area contributed by atoms with Gasteiger partial charge in [0.25, 0.3) is 0 Å². The quantitative estimate of drug-likeness (QED) is 0.736. The van der Waals surface area contributed by atoms with Gasteiger partial charge in [0.1, 0.15) is 0 Å². The van der Waals surface area contributed by atoms with Crippen LogP contribution in [0.4, 0.5) is 5.69 Å². The molecule has 0 fully saturated rings. The molecule has 3 N–H and O–H groups in total. The Kier molecular flexibility index (Phi) is 5.43. The van der Waals surface area contributed by atoms with Crippen LogP contribution in [0.15, 0.2) is 45.1 Å². The van der Waals surface area contributed by atoms with E-state index in [1.165, 1.54) is 6.07 Å². The molecular weight excluding hydrogens is 372 g/mol. The standard InChI is InChI=1S/C14H17BrN2O2S2/c1-2-4-12(13-5-3-8-20-13)17-21(18,19)14-7-6-10(16)9-11(14)15/h3,5-9,12,17H,2,4,16H2,1H3. The van der Waals surface area contributed by atoms with Crippen molar-refractivity contribution < 1.29 is 8.42 Å². The summed E-state index contributed by atoms with van der Waals surface area (Å²) < 4.78 is 28.4. The van der Waals surface area contributed by atoms with Crippen molar-refractivity contribution in [1.29, 1.82) is 0 Å². The fourth-order valence-corrected chi connectivity index (χ4v) is 5.26. The van der Waals surface area contributed by atoms with E-state index in [4.69, 9.17) is 5.73 Å². The second-order valence-corrected chi connectivity index (χ2v) is 8.18. The topological polar surface area (TPSA) is 72.2 Å². The van der Waals surface area contributed by atoms with E-state index in [1.54, 1.807) is 23.5 Å². The summed E-state index contributed by atoms with van der Waals surface area (Å²) in [6.07, 6.45) is 1.65. The SMILES string of the molecule is CCCC(NS(=O)(=O)c1ccc(N)cc1Br)c1cccs1. The first-order chi connectivity index (χ1) is 9.94. The van der Waals surface area contributed by atoms with E-state index < -0.39 is 10.0 Å². The molecule has 0 aliphatic carbocycles. The maximum Gasteiger partial charge on any atom is 0.242 e. The first kappa shape index (κ1) is 16.5. The van der Waals surface area contributed by atoms with Crippen LogP contribution in [-0.2, 0) is 10.0 Å². The molecule has 0 aliphatic rings. The molecule has 0 saturated heterocycles. The van der Waals surface area contributed by atoms with Gasteiger partial charge in [-0.15, -0.1) is 11.3 Å². The van der Waals surface area contributed by atoms with Crippen molar-refractivity contribution in [2.75, 3.05) is 5.73 Å². The average molecular weight is 389 g/mol. The molecule has 1 heterocycles. The number of anilines is 1. The predicted molar refractivity (Wildman–Crippen MR) is 90.8 cm³/mol. The van der Waals surface area contributed by atoms with E-state index in [0.717, 1.165) is 17.7 Å². The first-order valence-electron chi connectivity index (χ1n) is 6.55. The van der Waals surface area contributed by atoms with Gasteiger partial charge in [-0.2, -0.15) is 0 Å². The lowest BCUT2D eigenvalue weighted by Crippen LogP contribution is -2.28. The zero-order valence-electron chi connectivity index (χ0n) is 11.5. The predicted octanol–water partition coefficient (Wildman–Crippen LogP) is 3.91. The number of thiophene rings is 1. The maximum atomic E-state index is 12.6. The van der Waals surface area contributed by atoms with Gasteiger partial charge < -0.3 is 5.73 Å². The maximum absolute atomic E-state index is 12.6. The summed E-state index contributed by atoms with van der Waals surface area (Å²) in [5.41, 5.74) is 6.17. The van der Waals surface area contributed by atoms with Gasteiger partial charge in [0, 0.05) is 15.0 Å². The highest BCUT2D eigenvalue weighted by Gasteiger charge is 2.23. The summed E-state index contributed by atoms with van der Waals surface area (Å²) in [5, 5.41) is 1.95. The van der Waals surface area contributed by atoms with Gasteiger partial charge in [0.2, 0.25) is 10.0 Å². The van der Waals surface area contributed by atoms with Gasteiger partial charge in [0.15, 0.2) is 0 Å². The number of nitrogens with one attached hydrogen (secondary N) is 1. The van der Waals surface area contributed by atoms with Crippen LogP contribution in [0.3, 0.4) is 0 Å². The molecule has 114 valence electrons. The number of benzene rings is 1. The Hall–Kier alpha value is -0.890. The van der Waals surface area contributed by atoms with E-state index in [1.807, 2.05) is 24.4 Å². The molecule has 0 radical (unpaired) electrons. The van der Waals surface area contributed by atoms with Crippen molar-refractivity contribution in [1.82, 2.24) is 4.72 Å². The van der Waals surface area contributed by atoms with Gasteiger partial charge in [-0.1, -0.05) is 19.4 Å². The van der Waals surface area contributed by atoms with Gasteiger partial charge in [0.05, 0.1) is 10.9 Å². The zero-order chi connectivity index (χ0) is 15.5. The van der Waals surface area contributed by atoms with Crippen LogP contribution in [0, 0.1) is 0 Å². The number of nitrogen functional groups attached to an aromatic ring is 1. The largest absolute Gasteiger partial charge is 0.399 e. The lowest BCUT2D eigenvalue weighted by atomic mass is 10.1. The summed E-state index contributed by atoms with van der Waals surface area (Å²) in [6, 6.07) is 8.36. The van der Waals surface area contributed by atoms with Crippen molar-refractivity contribution in [3.8, 4) is 0 Å². The molecule has 0 saturated carbocycles. The van der Waals surface area contributed by atoms with Crippen molar-refractivity contribution in [2.45, 2.75) is 30.7 Å². The zero-order valence-corrected chi connectivity index (χ0v) is 14.8. The lowest BCUT2D eigenvalue weighted by Gasteiger charge is -2.17. The highest BCUT2D eigenvalue weighted by atomic mass is 79.9. The summed E-state index contributed by atoms with van der Waals surface area (Å²) >= 11 is 4.82. The van der Waals surface area contributed by atoms with Crippen LogP contribution in [0.2, 0.25) is 0 Å². The Morgan fingerprint density at radius 3 is 2.71 bits per heavy atom. The summed E-state index contributed by atoms with van der Waals surface area (Å²) in [6.45, 7) is 2.04. The minimum Gasteiger partial charge on any atom is -0.399 e. The molecule has 1 aromatic heterocycles. The highest BCUT2D eigenvalue weighted by molar-refractivity contribution is 9.10. The minimum absolute atomic E-state index is 0.203. The van der Waals surface area contributed by atoms with Crippen molar-refractivity contribution in [3.63, 3.8) is 0 Å². The van der Waals surface area contributed by atoms with Gasteiger partial charge in [-0.05, 0) is 52.0 Å². The molecule has 1 atom stereocenters. The van der Waals surface area contributed by atoms with Crippen LogP contribution < -0.4 is 10.5 Å². The Morgan fingerprint density at radius 1 is 1.38 bits per heavy atom.